The minimum atomic E-state index is -4.25. The highest BCUT2D eigenvalue weighted by atomic mass is 35.5. The highest BCUT2D eigenvalue weighted by molar-refractivity contribution is 7.92. The fourth-order valence-corrected chi connectivity index (χ4v) is 5.56. The van der Waals surface area contributed by atoms with Crippen LogP contribution in [0.15, 0.2) is 77.7 Å². The molecule has 11 heteroatoms. The van der Waals surface area contributed by atoms with Crippen molar-refractivity contribution in [1.82, 2.24) is 10.2 Å². The molecule has 0 saturated heterocycles. The van der Waals surface area contributed by atoms with Crippen LogP contribution in [0.25, 0.3) is 0 Å². The second kappa shape index (κ2) is 13.5. The Labute approximate surface area is 240 Å². The van der Waals surface area contributed by atoms with Gasteiger partial charge in [0.15, 0.2) is 11.5 Å². The first-order valence-electron chi connectivity index (χ1n) is 12.6. The Kier molecular flexibility index (Phi) is 10.4. The molecule has 214 valence electrons. The van der Waals surface area contributed by atoms with Gasteiger partial charge in [0.2, 0.25) is 11.8 Å². The van der Waals surface area contributed by atoms with Gasteiger partial charge in [0.05, 0.1) is 24.8 Å². The monoisotopic (exact) mass is 587 g/mol. The van der Waals surface area contributed by atoms with Crippen molar-refractivity contribution in [1.29, 1.82) is 0 Å². The molecular formula is C29H34ClN3O6S. The number of anilines is 1. The number of hydrogen-bond acceptors (Lipinski definition) is 6. The summed E-state index contributed by atoms with van der Waals surface area (Å²) in [7, 11) is -1.39. The first-order valence-corrected chi connectivity index (χ1v) is 14.4. The normalized spacial score (nSPS) is 12.0. The maximum absolute atomic E-state index is 14.0. The molecule has 0 aromatic heterocycles. The fourth-order valence-electron chi connectivity index (χ4n) is 4.00. The maximum Gasteiger partial charge on any atom is 0.264 e. The lowest BCUT2D eigenvalue weighted by Crippen LogP contribution is -2.52. The van der Waals surface area contributed by atoms with E-state index in [-0.39, 0.29) is 34.8 Å². The minimum absolute atomic E-state index is 0.0712. The summed E-state index contributed by atoms with van der Waals surface area (Å²) in [5, 5.41) is 3.36. The van der Waals surface area contributed by atoms with Gasteiger partial charge in [0, 0.05) is 23.7 Å². The Hall–Kier alpha value is -3.76. The summed E-state index contributed by atoms with van der Waals surface area (Å²) in [4.78, 5) is 28.1. The van der Waals surface area contributed by atoms with Crippen molar-refractivity contribution in [2.75, 3.05) is 25.1 Å². The molecule has 9 nitrogen and oxygen atoms in total. The number of nitrogens with one attached hydrogen (secondary N) is 1. The molecule has 2 amide bonds. The smallest absolute Gasteiger partial charge is 0.264 e. The third-order valence-electron chi connectivity index (χ3n) is 6.13. The second-order valence-corrected chi connectivity index (χ2v) is 11.7. The Balaban J connectivity index is 2.04. The molecule has 0 spiro atoms. The summed E-state index contributed by atoms with van der Waals surface area (Å²) in [6, 6.07) is 18.4. The zero-order valence-corrected chi connectivity index (χ0v) is 24.7. The number of nitrogens with zero attached hydrogens (tertiary/aromatic N) is 2. The van der Waals surface area contributed by atoms with E-state index in [0.717, 1.165) is 9.87 Å². The molecule has 1 N–H and O–H groups in total. The Bertz CT molecular complexity index is 1420. The SMILES string of the molecule is COc1ccc(S(=O)(=O)N(CC(=O)N(Cc2ccc(Cl)cc2)[C@@H](C)C(=O)NC(C)C)c2ccccc2)cc1OC. The van der Waals surface area contributed by atoms with E-state index in [4.69, 9.17) is 21.1 Å². The number of halogens is 1. The molecule has 3 aromatic carbocycles. The van der Waals surface area contributed by atoms with E-state index in [2.05, 4.69) is 5.32 Å². The van der Waals surface area contributed by atoms with Crippen LogP contribution < -0.4 is 19.1 Å². The fraction of sp³-hybridized carbons (Fsp3) is 0.310. The van der Waals surface area contributed by atoms with Gasteiger partial charge in [-0.1, -0.05) is 41.9 Å². The van der Waals surface area contributed by atoms with Crippen LogP contribution in [0.1, 0.15) is 26.3 Å². The van der Waals surface area contributed by atoms with Crippen LogP contribution in [0.5, 0.6) is 11.5 Å². The quantitative estimate of drug-likeness (QED) is 0.335. The predicted molar refractivity (Wildman–Crippen MR) is 155 cm³/mol. The molecular weight excluding hydrogens is 554 g/mol. The van der Waals surface area contributed by atoms with Crippen molar-refractivity contribution < 1.29 is 27.5 Å². The number of amides is 2. The lowest BCUT2D eigenvalue weighted by molar-refractivity contribution is -0.139. The number of carbonyl (C=O) groups excluding carboxylic acids is 2. The molecule has 0 bridgehead atoms. The third-order valence-corrected chi connectivity index (χ3v) is 8.15. The number of sulfonamides is 1. The van der Waals surface area contributed by atoms with E-state index >= 15 is 0 Å². The number of methoxy groups -OCH3 is 2. The van der Waals surface area contributed by atoms with E-state index in [9.17, 15) is 18.0 Å². The number of benzene rings is 3. The predicted octanol–water partition coefficient (Wildman–Crippen LogP) is 4.49. The van der Waals surface area contributed by atoms with Crippen molar-refractivity contribution in [3.05, 3.63) is 83.4 Å². The summed E-state index contributed by atoms with van der Waals surface area (Å²) >= 11 is 6.03. The van der Waals surface area contributed by atoms with Crippen LogP contribution in [-0.2, 0) is 26.2 Å². The van der Waals surface area contributed by atoms with Crippen LogP contribution in [0, 0.1) is 0 Å². The number of carbonyl (C=O) groups is 2. The largest absolute Gasteiger partial charge is 0.493 e. The highest BCUT2D eigenvalue weighted by Crippen LogP contribution is 2.32. The van der Waals surface area contributed by atoms with Gasteiger partial charge in [-0.05, 0) is 62.7 Å². The first kappa shape index (κ1) is 30.8. The molecule has 3 aromatic rings. The van der Waals surface area contributed by atoms with Gasteiger partial charge in [0.25, 0.3) is 10.0 Å². The molecule has 0 heterocycles. The molecule has 0 aliphatic rings. The summed E-state index contributed by atoms with van der Waals surface area (Å²) in [5.41, 5.74) is 1.02. The Morgan fingerprint density at radius 1 is 0.900 bits per heavy atom. The molecule has 0 aliphatic carbocycles. The third kappa shape index (κ3) is 7.45. The average Bonchev–Trinajstić information content (AvgIpc) is 2.94. The standard InChI is InChI=1S/C29H34ClN3O6S/c1-20(2)31-29(35)21(3)32(18-22-11-13-23(30)14-12-22)28(34)19-33(24-9-7-6-8-10-24)40(36,37)25-15-16-26(38-4)27(17-25)39-5/h6-17,20-21H,18-19H2,1-5H3,(H,31,35)/t21-/m0/s1. The number of rotatable bonds is 12. The van der Waals surface area contributed by atoms with Crippen LogP contribution in [0.2, 0.25) is 5.02 Å². The Morgan fingerprint density at radius 3 is 2.10 bits per heavy atom. The van der Waals surface area contributed by atoms with Crippen LogP contribution >= 0.6 is 11.6 Å². The van der Waals surface area contributed by atoms with Gasteiger partial charge in [-0.25, -0.2) is 8.42 Å². The van der Waals surface area contributed by atoms with E-state index in [1.54, 1.807) is 61.5 Å². The number of ether oxygens (including phenoxy) is 2. The first-order chi connectivity index (χ1) is 19.0. The van der Waals surface area contributed by atoms with Crippen molar-refractivity contribution in [3.8, 4) is 11.5 Å². The van der Waals surface area contributed by atoms with E-state index in [1.165, 1.54) is 37.3 Å². The molecule has 0 unspecified atom stereocenters. The minimum Gasteiger partial charge on any atom is -0.493 e. The summed E-state index contributed by atoms with van der Waals surface area (Å²) < 4.78 is 39.5. The van der Waals surface area contributed by atoms with Crippen molar-refractivity contribution in [3.63, 3.8) is 0 Å². The number of para-hydroxylation sites is 1. The second-order valence-electron chi connectivity index (χ2n) is 9.35. The molecule has 0 aliphatic heterocycles. The van der Waals surface area contributed by atoms with Gasteiger partial charge in [-0.3, -0.25) is 13.9 Å². The summed E-state index contributed by atoms with van der Waals surface area (Å²) in [5.74, 6) is -0.324. The van der Waals surface area contributed by atoms with E-state index < -0.39 is 28.5 Å². The Morgan fingerprint density at radius 2 is 1.52 bits per heavy atom. The van der Waals surface area contributed by atoms with Gasteiger partial charge in [-0.2, -0.15) is 0 Å². The van der Waals surface area contributed by atoms with Crippen molar-refractivity contribution >= 4 is 39.1 Å². The van der Waals surface area contributed by atoms with Crippen molar-refractivity contribution in [2.45, 2.75) is 44.3 Å². The molecule has 40 heavy (non-hydrogen) atoms. The van der Waals surface area contributed by atoms with Gasteiger partial charge < -0.3 is 19.7 Å². The zero-order valence-electron chi connectivity index (χ0n) is 23.1. The van der Waals surface area contributed by atoms with Crippen LogP contribution in [0.4, 0.5) is 5.69 Å². The van der Waals surface area contributed by atoms with E-state index in [0.29, 0.717) is 10.8 Å². The molecule has 0 fully saturated rings. The average molecular weight is 588 g/mol. The van der Waals surface area contributed by atoms with Crippen LogP contribution in [-0.4, -0.2) is 58.0 Å². The maximum atomic E-state index is 14.0. The summed E-state index contributed by atoms with van der Waals surface area (Å²) in [6.07, 6.45) is 0. The lowest BCUT2D eigenvalue weighted by Gasteiger charge is -2.32. The molecule has 0 radical (unpaired) electrons. The van der Waals surface area contributed by atoms with E-state index in [1.807, 2.05) is 13.8 Å². The summed E-state index contributed by atoms with van der Waals surface area (Å²) in [6.45, 7) is 4.78. The molecule has 0 saturated carbocycles. The number of hydrogen-bond donors (Lipinski definition) is 1. The lowest BCUT2D eigenvalue weighted by atomic mass is 10.1. The zero-order chi connectivity index (χ0) is 29.4. The van der Waals surface area contributed by atoms with Gasteiger partial charge >= 0.3 is 0 Å². The van der Waals surface area contributed by atoms with Crippen LogP contribution in [0.3, 0.4) is 0 Å². The topological polar surface area (TPSA) is 105 Å². The van der Waals surface area contributed by atoms with Crippen molar-refractivity contribution in [2.24, 2.45) is 0 Å². The van der Waals surface area contributed by atoms with Gasteiger partial charge in [0.1, 0.15) is 12.6 Å². The molecule has 1 atom stereocenters. The van der Waals surface area contributed by atoms with Gasteiger partial charge in [-0.15, -0.1) is 0 Å². The highest BCUT2D eigenvalue weighted by Gasteiger charge is 2.33. The molecule has 3 rings (SSSR count).